The monoisotopic (exact) mass is 360 g/mol. The maximum absolute atomic E-state index is 12.4. The average Bonchev–Trinajstić information content (AvgIpc) is 3.07. The molecule has 0 aromatic carbocycles. The van der Waals surface area contributed by atoms with E-state index in [4.69, 9.17) is 0 Å². The molecule has 4 rings (SSSR count). The zero-order valence-corrected chi connectivity index (χ0v) is 15.0. The summed E-state index contributed by atoms with van der Waals surface area (Å²) in [6, 6.07) is 8.02. The summed E-state index contributed by atoms with van der Waals surface area (Å²) in [5.74, 6) is 0.423. The second-order valence-electron chi connectivity index (χ2n) is 6.74. The van der Waals surface area contributed by atoms with Crippen molar-refractivity contribution in [2.24, 2.45) is 11.3 Å². The maximum Gasteiger partial charge on any atom is 0.227 e. The number of thiophene rings is 2. The van der Waals surface area contributed by atoms with Gasteiger partial charge in [-0.25, -0.2) is 0 Å². The van der Waals surface area contributed by atoms with Crippen LogP contribution in [-0.4, -0.2) is 29.8 Å². The van der Waals surface area contributed by atoms with E-state index in [0.717, 1.165) is 30.8 Å². The van der Waals surface area contributed by atoms with Gasteiger partial charge in [0, 0.05) is 34.2 Å². The van der Waals surface area contributed by atoms with Gasteiger partial charge in [0.1, 0.15) is 0 Å². The molecule has 2 aromatic rings. The quantitative estimate of drug-likeness (QED) is 0.891. The molecule has 2 fully saturated rings. The van der Waals surface area contributed by atoms with E-state index in [9.17, 15) is 9.59 Å². The van der Waals surface area contributed by atoms with E-state index in [0.29, 0.717) is 13.0 Å². The smallest absolute Gasteiger partial charge is 0.227 e. The lowest BCUT2D eigenvalue weighted by Gasteiger charge is -2.16. The zero-order valence-electron chi connectivity index (χ0n) is 13.4. The molecule has 1 spiro atoms. The zero-order chi connectivity index (χ0) is 16.6. The lowest BCUT2D eigenvalue weighted by molar-refractivity contribution is -0.130. The minimum Gasteiger partial charge on any atom is -0.351 e. The van der Waals surface area contributed by atoms with Gasteiger partial charge in [-0.05, 0) is 35.7 Å². The van der Waals surface area contributed by atoms with Crippen LogP contribution in [0.15, 0.2) is 35.0 Å². The van der Waals surface area contributed by atoms with Crippen molar-refractivity contribution in [3.05, 3.63) is 44.8 Å². The van der Waals surface area contributed by atoms with Crippen molar-refractivity contribution in [3.8, 4) is 0 Å². The lowest BCUT2D eigenvalue weighted by Crippen LogP contribution is -2.31. The molecule has 1 aliphatic heterocycles. The molecule has 3 heterocycles. The molecular weight excluding hydrogens is 340 g/mol. The van der Waals surface area contributed by atoms with E-state index >= 15 is 0 Å². The standard InChI is InChI=1S/C18H20N2O2S2/c21-16(9-13-3-1-7-23-13)20-6-5-18(12-20)10-15(18)17(22)19-11-14-4-2-8-24-14/h1-4,7-8,15H,5-6,9-12H2,(H,19,22)/t15-,18-/m0/s1. The number of carbonyl (C=O) groups excluding carboxylic acids is 2. The van der Waals surface area contributed by atoms with Gasteiger partial charge in [-0.15, -0.1) is 22.7 Å². The van der Waals surface area contributed by atoms with Crippen LogP contribution in [-0.2, 0) is 22.6 Å². The summed E-state index contributed by atoms with van der Waals surface area (Å²) in [5, 5.41) is 7.07. The molecule has 0 unspecified atom stereocenters. The predicted octanol–water partition coefficient (Wildman–Crippen LogP) is 2.91. The number of hydrogen-bond donors (Lipinski definition) is 1. The van der Waals surface area contributed by atoms with E-state index in [1.165, 1.54) is 4.88 Å². The van der Waals surface area contributed by atoms with E-state index in [1.54, 1.807) is 22.7 Å². The molecule has 2 amide bonds. The van der Waals surface area contributed by atoms with E-state index in [-0.39, 0.29) is 23.1 Å². The molecule has 1 N–H and O–H groups in total. The Morgan fingerprint density at radius 2 is 1.96 bits per heavy atom. The second-order valence-corrected chi connectivity index (χ2v) is 8.80. The Kier molecular flexibility index (Phi) is 4.18. The molecule has 1 aliphatic carbocycles. The summed E-state index contributed by atoms with van der Waals surface area (Å²) in [5.41, 5.74) is 0.0463. The largest absolute Gasteiger partial charge is 0.351 e. The highest BCUT2D eigenvalue weighted by atomic mass is 32.1. The van der Waals surface area contributed by atoms with Gasteiger partial charge in [0.05, 0.1) is 13.0 Å². The summed E-state index contributed by atoms with van der Waals surface area (Å²) in [6.07, 6.45) is 2.37. The Labute approximate surface area is 149 Å². The van der Waals surface area contributed by atoms with Gasteiger partial charge in [0.15, 0.2) is 0 Å². The third-order valence-electron chi connectivity index (χ3n) is 5.17. The summed E-state index contributed by atoms with van der Waals surface area (Å²) >= 11 is 3.29. The molecule has 4 nitrogen and oxygen atoms in total. The molecule has 1 saturated heterocycles. The highest BCUT2D eigenvalue weighted by Crippen LogP contribution is 2.58. The Bertz CT molecular complexity index is 726. The highest BCUT2D eigenvalue weighted by Gasteiger charge is 2.61. The van der Waals surface area contributed by atoms with Crippen molar-refractivity contribution in [1.82, 2.24) is 10.2 Å². The molecule has 2 aromatic heterocycles. The normalized spacial score (nSPS) is 25.2. The molecule has 126 valence electrons. The second kappa shape index (κ2) is 6.33. The van der Waals surface area contributed by atoms with Crippen molar-refractivity contribution in [1.29, 1.82) is 0 Å². The molecule has 2 atom stereocenters. The van der Waals surface area contributed by atoms with Gasteiger partial charge < -0.3 is 10.2 Å². The maximum atomic E-state index is 12.4. The lowest BCUT2D eigenvalue weighted by atomic mass is 10.0. The molecule has 24 heavy (non-hydrogen) atoms. The fourth-order valence-electron chi connectivity index (χ4n) is 3.66. The number of carbonyl (C=O) groups is 2. The van der Waals surface area contributed by atoms with Crippen molar-refractivity contribution in [3.63, 3.8) is 0 Å². The third kappa shape index (κ3) is 3.13. The molecule has 1 saturated carbocycles. The Hall–Kier alpha value is -1.66. The Morgan fingerprint density at radius 3 is 2.67 bits per heavy atom. The van der Waals surface area contributed by atoms with Crippen LogP contribution in [0.1, 0.15) is 22.6 Å². The van der Waals surface area contributed by atoms with Crippen LogP contribution >= 0.6 is 22.7 Å². The van der Waals surface area contributed by atoms with Gasteiger partial charge in [-0.1, -0.05) is 12.1 Å². The first kappa shape index (κ1) is 15.8. The number of nitrogens with one attached hydrogen (secondary N) is 1. The van der Waals surface area contributed by atoms with E-state index in [1.807, 2.05) is 39.9 Å². The van der Waals surface area contributed by atoms with Crippen LogP contribution in [0, 0.1) is 11.3 Å². The van der Waals surface area contributed by atoms with Gasteiger partial charge >= 0.3 is 0 Å². The van der Waals surface area contributed by atoms with Crippen LogP contribution in [0.3, 0.4) is 0 Å². The minimum atomic E-state index is 0.0463. The van der Waals surface area contributed by atoms with Crippen LogP contribution in [0.2, 0.25) is 0 Å². The van der Waals surface area contributed by atoms with Gasteiger partial charge in [-0.2, -0.15) is 0 Å². The summed E-state index contributed by atoms with van der Waals surface area (Å²) < 4.78 is 0. The fraction of sp³-hybridized carbons (Fsp3) is 0.444. The van der Waals surface area contributed by atoms with E-state index < -0.39 is 0 Å². The van der Waals surface area contributed by atoms with Crippen LogP contribution in [0.25, 0.3) is 0 Å². The fourth-order valence-corrected chi connectivity index (χ4v) is 5.00. The molecule has 0 bridgehead atoms. The summed E-state index contributed by atoms with van der Waals surface area (Å²) in [4.78, 5) is 29.0. The Morgan fingerprint density at radius 1 is 1.21 bits per heavy atom. The average molecular weight is 361 g/mol. The topological polar surface area (TPSA) is 49.4 Å². The predicted molar refractivity (Wildman–Crippen MR) is 95.9 cm³/mol. The van der Waals surface area contributed by atoms with Crippen molar-refractivity contribution in [2.75, 3.05) is 13.1 Å². The third-order valence-corrected chi connectivity index (χ3v) is 6.92. The van der Waals surface area contributed by atoms with Gasteiger partial charge in [-0.3, -0.25) is 9.59 Å². The first-order chi connectivity index (χ1) is 11.7. The van der Waals surface area contributed by atoms with Gasteiger partial charge in [0.25, 0.3) is 0 Å². The minimum absolute atomic E-state index is 0.0463. The molecule has 2 aliphatic rings. The summed E-state index contributed by atoms with van der Waals surface area (Å²) in [7, 11) is 0. The van der Waals surface area contributed by atoms with Crippen molar-refractivity contribution < 1.29 is 9.59 Å². The summed E-state index contributed by atoms with van der Waals surface area (Å²) in [6.45, 7) is 2.15. The molecule has 0 radical (unpaired) electrons. The SMILES string of the molecule is O=C(NCc1cccs1)[C@@H]1C[C@]12CCN(C(=O)Cc1cccs1)C2. The van der Waals surface area contributed by atoms with Crippen LogP contribution in [0.5, 0.6) is 0 Å². The highest BCUT2D eigenvalue weighted by molar-refractivity contribution is 7.10. The first-order valence-corrected chi connectivity index (χ1v) is 10.0. The first-order valence-electron chi connectivity index (χ1n) is 8.27. The van der Waals surface area contributed by atoms with Crippen molar-refractivity contribution >= 4 is 34.5 Å². The van der Waals surface area contributed by atoms with Crippen LogP contribution < -0.4 is 5.32 Å². The van der Waals surface area contributed by atoms with Crippen LogP contribution in [0.4, 0.5) is 0 Å². The number of hydrogen-bond acceptors (Lipinski definition) is 4. The molecular formula is C18H20N2O2S2. The molecule has 6 heteroatoms. The number of likely N-dealkylation sites (tertiary alicyclic amines) is 1. The number of amides is 2. The number of rotatable bonds is 5. The van der Waals surface area contributed by atoms with E-state index in [2.05, 4.69) is 5.32 Å². The van der Waals surface area contributed by atoms with Gasteiger partial charge in [0.2, 0.25) is 11.8 Å². The van der Waals surface area contributed by atoms with Crippen molar-refractivity contribution in [2.45, 2.75) is 25.8 Å². The number of nitrogens with zero attached hydrogens (tertiary/aromatic N) is 1. The Balaban J connectivity index is 1.29.